The van der Waals surface area contributed by atoms with Crippen molar-refractivity contribution < 1.29 is 18.7 Å². The van der Waals surface area contributed by atoms with Crippen LogP contribution in [0.2, 0.25) is 0 Å². The Morgan fingerprint density at radius 3 is 2.75 bits per heavy atom. The standard InChI is InChI=1S/C22H25FN2O3/c1-22(21(27)24-14-16-6-3-9-19(12-16)28-2)10-5-11-25(15-22)20(26)17-7-4-8-18(23)13-17/h3-4,6-9,12-13H,5,10-11,14-15H2,1-2H3,(H,24,27). The van der Waals surface area contributed by atoms with Gasteiger partial charge in [0.25, 0.3) is 5.91 Å². The van der Waals surface area contributed by atoms with Crippen molar-refractivity contribution in [3.8, 4) is 5.75 Å². The molecule has 1 atom stereocenters. The number of methoxy groups -OCH3 is 1. The summed E-state index contributed by atoms with van der Waals surface area (Å²) >= 11 is 0. The number of carbonyl (C=O) groups is 2. The summed E-state index contributed by atoms with van der Waals surface area (Å²) in [6, 6.07) is 13.2. The number of nitrogens with zero attached hydrogens (tertiary/aromatic N) is 1. The van der Waals surface area contributed by atoms with Gasteiger partial charge in [-0.2, -0.15) is 0 Å². The molecule has 28 heavy (non-hydrogen) atoms. The van der Waals surface area contributed by atoms with E-state index >= 15 is 0 Å². The largest absolute Gasteiger partial charge is 0.497 e. The molecule has 1 saturated heterocycles. The first-order valence-electron chi connectivity index (χ1n) is 9.37. The lowest BCUT2D eigenvalue weighted by Gasteiger charge is -2.39. The highest BCUT2D eigenvalue weighted by Gasteiger charge is 2.39. The van der Waals surface area contributed by atoms with Gasteiger partial charge in [-0.25, -0.2) is 4.39 Å². The van der Waals surface area contributed by atoms with Crippen LogP contribution in [0.1, 0.15) is 35.7 Å². The van der Waals surface area contributed by atoms with Crippen molar-refractivity contribution in [1.82, 2.24) is 10.2 Å². The van der Waals surface area contributed by atoms with Gasteiger partial charge in [-0.3, -0.25) is 9.59 Å². The molecule has 1 unspecified atom stereocenters. The van der Waals surface area contributed by atoms with Crippen molar-refractivity contribution in [3.63, 3.8) is 0 Å². The van der Waals surface area contributed by atoms with Crippen molar-refractivity contribution in [2.75, 3.05) is 20.2 Å². The summed E-state index contributed by atoms with van der Waals surface area (Å²) in [5.74, 6) is -0.0396. The minimum absolute atomic E-state index is 0.0907. The van der Waals surface area contributed by atoms with Gasteiger partial charge >= 0.3 is 0 Å². The van der Waals surface area contributed by atoms with E-state index < -0.39 is 11.2 Å². The lowest BCUT2D eigenvalue weighted by Crippen LogP contribution is -2.51. The van der Waals surface area contributed by atoms with Crippen LogP contribution in [0.25, 0.3) is 0 Å². The van der Waals surface area contributed by atoms with E-state index in [-0.39, 0.29) is 11.8 Å². The third-order valence-electron chi connectivity index (χ3n) is 5.19. The maximum Gasteiger partial charge on any atom is 0.253 e. The van der Waals surface area contributed by atoms with Crippen molar-refractivity contribution in [2.24, 2.45) is 5.41 Å². The molecule has 1 aliphatic heterocycles. The van der Waals surface area contributed by atoms with E-state index in [9.17, 15) is 14.0 Å². The fourth-order valence-electron chi connectivity index (χ4n) is 3.58. The molecule has 1 fully saturated rings. The highest BCUT2D eigenvalue weighted by Crippen LogP contribution is 2.31. The number of amides is 2. The van der Waals surface area contributed by atoms with E-state index in [1.165, 1.54) is 18.2 Å². The van der Waals surface area contributed by atoms with Gasteiger partial charge in [-0.1, -0.05) is 18.2 Å². The summed E-state index contributed by atoms with van der Waals surface area (Å²) in [6.45, 7) is 3.14. The molecule has 2 amide bonds. The van der Waals surface area contributed by atoms with Crippen molar-refractivity contribution in [1.29, 1.82) is 0 Å². The Balaban J connectivity index is 1.65. The Hall–Kier alpha value is -2.89. The SMILES string of the molecule is COc1cccc(CNC(=O)C2(C)CCCN(C(=O)c3cccc(F)c3)C2)c1. The predicted octanol–water partition coefficient (Wildman–Crippen LogP) is 3.39. The first kappa shape index (κ1) is 19.9. The minimum atomic E-state index is -0.680. The molecule has 0 saturated carbocycles. The summed E-state index contributed by atoms with van der Waals surface area (Å²) in [4.78, 5) is 27.2. The molecule has 6 heteroatoms. The molecule has 2 aromatic rings. The van der Waals surface area contributed by atoms with Gasteiger partial charge in [0.1, 0.15) is 11.6 Å². The summed E-state index contributed by atoms with van der Waals surface area (Å²) in [5, 5.41) is 2.98. The van der Waals surface area contributed by atoms with Crippen LogP contribution in [0.5, 0.6) is 5.75 Å². The number of nitrogens with one attached hydrogen (secondary N) is 1. The molecular formula is C22H25FN2O3. The molecule has 1 aliphatic rings. The molecule has 1 heterocycles. The minimum Gasteiger partial charge on any atom is -0.497 e. The molecular weight excluding hydrogens is 359 g/mol. The summed E-state index contributed by atoms with van der Waals surface area (Å²) in [6.07, 6.45) is 1.42. The average Bonchev–Trinajstić information content (AvgIpc) is 2.71. The molecule has 1 N–H and O–H groups in total. The van der Waals surface area contributed by atoms with Crippen molar-refractivity contribution >= 4 is 11.8 Å². The highest BCUT2D eigenvalue weighted by molar-refractivity contribution is 5.95. The van der Waals surface area contributed by atoms with Gasteiger partial charge in [0.2, 0.25) is 5.91 Å². The molecule has 0 aliphatic carbocycles. The quantitative estimate of drug-likeness (QED) is 0.860. The number of hydrogen-bond acceptors (Lipinski definition) is 3. The van der Waals surface area contributed by atoms with Crippen LogP contribution in [0, 0.1) is 11.2 Å². The van der Waals surface area contributed by atoms with E-state index in [1.807, 2.05) is 31.2 Å². The van der Waals surface area contributed by atoms with Crippen LogP contribution >= 0.6 is 0 Å². The van der Waals surface area contributed by atoms with Gasteiger partial charge in [0, 0.05) is 25.2 Å². The van der Waals surface area contributed by atoms with E-state index in [0.717, 1.165) is 17.7 Å². The topological polar surface area (TPSA) is 58.6 Å². The van der Waals surface area contributed by atoms with Crippen LogP contribution in [-0.4, -0.2) is 36.9 Å². The van der Waals surface area contributed by atoms with E-state index in [1.54, 1.807) is 18.1 Å². The van der Waals surface area contributed by atoms with Crippen LogP contribution in [-0.2, 0) is 11.3 Å². The summed E-state index contributed by atoms with van der Waals surface area (Å²) in [5.41, 5.74) is 0.570. The molecule has 0 aromatic heterocycles. The molecule has 2 aromatic carbocycles. The lowest BCUT2D eigenvalue weighted by atomic mass is 9.80. The first-order chi connectivity index (χ1) is 13.4. The monoisotopic (exact) mass is 384 g/mol. The Morgan fingerprint density at radius 1 is 1.21 bits per heavy atom. The van der Waals surface area contributed by atoms with Crippen LogP contribution < -0.4 is 10.1 Å². The number of ether oxygens (including phenoxy) is 1. The number of piperidine rings is 1. The predicted molar refractivity (Wildman–Crippen MR) is 104 cm³/mol. The number of rotatable bonds is 5. The number of likely N-dealkylation sites (tertiary alicyclic amines) is 1. The molecule has 148 valence electrons. The zero-order valence-corrected chi connectivity index (χ0v) is 16.2. The Labute approximate surface area is 164 Å². The highest BCUT2D eigenvalue weighted by atomic mass is 19.1. The zero-order valence-electron chi connectivity index (χ0n) is 16.2. The second-order valence-electron chi connectivity index (χ2n) is 7.44. The van der Waals surface area contributed by atoms with Crippen LogP contribution in [0.4, 0.5) is 4.39 Å². The van der Waals surface area contributed by atoms with E-state index in [2.05, 4.69) is 5.32 Å². The van der Waals surface area contributed by atoms with Gasteiger partial charge < -0.3 is 15.0 Å². The molecule has 0 spiro atoms. The van der Waals surface area contributed by atoms with Gasteiger partial charge in [0.15, 0.2) is 0 Å². The molecule has 5 nitrogen and oxygen atoms in total. The number of benzene rings is 2. The van der Waals surface area contributed by atoms with Crippen LogP contribution in [0.3, 0.4) is 0 Å². The maximum absolute atomic E-state index is 13.4. The fourth-order valence-corrected chi connectivity index (χ4v) is 3.58. The second-order valence-corrected chi connectivity index (χ2v) is 7.44. The summed E-state index contributed by atoms with van der Waals surface area (Å²) < 4.78 is 18.7. The molecule has 0 bridgehead atoms. The van der Waals surface area contributed by atoms with Crippen LogP contribution in [0.15, 0.2) is 48.5 Å². The number of hydrogen-bond donors (Lipinski definition) is 1. The number of carbonyl (C=O) groups excluding carboxylic acids is 2. The van der Waals surface area contributed by atoms with E-state index in [4.69, 9.17) is 4.74 Å². The third-order valence-corrected chi connectivity index (χ3v) is 5.19. The van der Waals surface area contributed by atoms with Gasteiger partial charge in [-0.15, -0.1) is 0 Å². The third kappa shape index (κ3) is 4.50. The van der Waals surface area contributed by atoms with E-state index in [0.29, 0.717) is 31.6 Å². The Bertz CT molecular complexity index is 870. The van der Waals surface area contributed by atoms with Crippen molar-refractivity contribution in [2.45, 2.75) is 26.3 Å². The fraction of sp³-hybridized carbons (Fsp3) is 0.364. The van der Waals surface area contributed by atoms with Crippen molar-refractivity contribution in [3.05, 3.63) is 65.5 Å². The summed E-state index contributed by atoms with van der Waals surface area (Å²) in [7, 11) is 1.60. The first-order valence-corrected chi connectivity index (χ1v) is 9.37. The lowest BCUT2D eigenvalue weighted by molar-refractivity contribution is -0.132. The van der Waals surface area contributed by atoms with Gasteiger partial charge in [0.05, 0.1) is 12.5 Å². The number of halogens is 1. The Kier molecular flexibility index (Phi) is 5.97. The van der Waals surface area contributed by atoms with Gasteiger partial charge in [-0.05, 0) is 55.7 Å². The molecule has 0 radical (unpaired) electrons. The normalized spacial score (nSPS) is 19.2. The average molecular weight is 384 g/mol. The zero-order chi connectivity index (χ0) is 20.1. The maximum atomic E-state index is 13.4. The molecule has 3 rings (SSSR count). The smallest absolute Gasteiger partial charge is 0.253 e. The Morgan fingerprint density at radius 2 is 2.00 bits per heavy atom. The second kappa shape index (κ2) is 8.42.